The van der Waals surface area contributed by atoms with Crippen LogP contribution in [-0.4, -0.2) is 50.9 Å². The molecule has 0 aliphatic carbocycles. The third kappa shape index (κ3) is 8.63. The summed E-state index contributed by atoms with van der Waals surface area (Å²) < 4.78 is 35.1. The minimum Gasteiger partial charge on any atom is -0.494 e. The summed E-state index contributed by atoms with van der Waals surface area (Å²) in [6.45, 7) is 7.50. The Kier molecular flexibility index (Phi) is 12.1. The molecule has 0 aromatic heterocycles. The van der Waals surface area contributed by atoms with Gasteiger partial charge in [0.1, 0.15) is 18.3 Å². The van der Waals surface area contributed by atoms with Crippen LogP contribution in [0, 0.1) is 5.92 Å². The van der Waals surface area contributed by atoms with Crippen LogP contribution in [0.2, 0.25) is 10.0 Å². The molecule has 0 radical (unpaired) electrons. The second-order valence-electron chi connectivity index (χ2n) is 9.93. The predicted molar refractivity (Wildman–Crippen MR) is 171 cm³/mol. The van der Waals surface area contributed by atoms with Crippen molar-refractivity contribution >= 4 is 66.7 Å². The van der Waals surface area contributed by atoms with E-state index in [-0.39, 0.29) is 29.0 Å². The lowest BCUT2D eigenvalue weighted by Crippen LogP contribution is -2.51. The molecule has 3 rings (SSSR count). The highest BCUT2D eigenvalue weighted by atomic mass is 79.9. The highest BCUT2D eigenvalue weighted by Crippen LogP contribution is 2.29. The number of carbonyl (C=O) groups excluding carboxylic acids is 2. The molecular weight excluding hydrogens is 665 g/mol. The average Bonchev–Trinajstić information content (AvgIpc) is 2.95. The molecule has 0 saturated heterocycles. The van der Waals surface area contributed by atoms with E-state index in [1.165, 1.54) is 17.0 Å². The molecule has 1 atom stereocenters. The number of hydrogen-bond donors (Lipinski definition) is 1. The van der Waals surface area contributed by atoms with E-state index >= 15 is 0 Å². The normalized spacial score (nSPS) is 12.1. The summed E-state index contributed by atoms with van der Waals surface area (Å²) in [4.78, 5) is 28.5. The summed E-state index contributed by atoms with van der Waals surface area (Å²) >= 11 is 16.2. The van der Waals surface area contributed by atoms with Crippen LogP contribution >= 0.6 is 39.1 Å². The molecule has 2 amide bonds. The first-order valence-electron chi connectivity index (χ1n) is 13.4. The number of amides is 2. The monoisotopic (exact) mass is 697 g/mol. The molecule has 0 aliphatic rings. The number of anilines is 1. The molecule has 3 aromatic carbocycles. The van der Waals surface area contributed by atoms with Gasteiger partial charge in [0.25, 0.3) is 10.0 Å². The number of halogens is 3. The zero-order valence-electron chi connectivity index (χ0n) is 23.8. The van der Waals surface area contributed by atoms with Gasteiger partial charge >= 0.3 is 0 Å². The van der Waals surface area contributed by atoms with Crippen LogP contribution in [-0.2, 0) is 26.2 Å². The van der Waals surface area contributed by atoms with Crippen LogP contribution in [0.25, 0.3) is 0 Å². The minimum absolute atomic E-state index is 0.00388. The molecular formula is C30H34BrCl2N3O5S. The van der Waals surface area contributed by atoms with Gasteiger partial charge in [-0.15, -0.1) is 0 Å². The molecule has 0 fully saturated rings. The van der Waals surface area contributed by atoms with E-state index in [9.17, 15) is 18.0 Å². The predicted octanol–water partition coefficient (Wildman–Crippen LogP) is 6.54. The van der Waals surface area contributed by atoms with Crippen molar-refractivity contribution in [2.75, 3.05) is 24.0 Å². The third-order valence-electron chi connectivity index (χ3n) is 6.36. The van der Waals surface area contributed by atoms with E-state index in [0.717, 1.165) is 4.31 Å². The number of benzene rings is 3. The lowest BCUT2D eigenvalue weighted by atomic mass is 10.1. The van der Waals surface area contributed by atoms with Gasteiger partial charge in [0.15, 0.2) is 0 Å². The van der Waals surface area contributed by atoms with Crippen LogP contribution in [0.4, 0.5) is 5.69 Å². The topological polar surface area (TPSA) is 96.0 Å². The number of nitrogens with one attached hydrogen (secondary N) is 1. The molecule has 12 heteroatoms. The Bertz CT molecular complexity index is 1470. The summed E-state index contributed by atoms with van der Waals surface area (Å²) in [6.07, 6.45) is 0. The first-order valence-corrected chi connectivity index (χ1v) is 16.3. The fourth-order valence-electron chi connectivity index (χ4n) is 4.03. The quantitative estimate of drug-likeness (QED) is 0.219. The summed E-state index contributed by atoms with van der Waals surface area (Å²) in [5.41, 5.74) is 0.698. The van der Waals surface area contributed by atoms with Crippen molar-refractivity contribution < 1.29 is 22.7 Å². The van der Waals surface area contributed by atoms with Gasteiger partial charge in [0.2, 0.25) is 11.8 Å². The Morgan fingerprint density at radius 3 is 2.10 bits per heavy atom. The minimum atomic E-state index is -4.21. The van der Waals surface area contributed by atoms with Gasteiger partial charge in [-0.2, -0.15) is 0 Å². The Morgan fingerprint density at radius 1 is 0.952 bits per heavy atom. The maximum atomic E-state index is 14.1. The SMILES string of the molecule is CCOc1ccc(N(CC(=O)N(Cc2c(Cl)cccc2Cl)C(C)C(=O)NCC(C)C)S(=O)(=O)c2ccc(Br)cc2)cc1. The van der Waals surface area contributed by atoms with Crippen molar-refractivity contribution in [3.8, 4) is 5.75 Å². The van der Waals surface area contributed by atoms with Crippen LogP contribution in [0.15, 0.2) is 76.1 Å². The van der Waals surface area contributed by atoms with Crippen molar-refractivity contribution in [3.63, 3.8) is 0 Å². The fraction of sp³-hybridized carbons (Fsp3) is 0.333. The highest BCUT2D eigenvalue weighted by molar-refractivity contribution is 9.10. The Hall–Kier alpha value is -2.79. The van der Waals surface area contributed by atoms with Crippen molar-refractivity contribution in [1.29, 1.82) is 0 Å². The molecule has 0 aliphatic heterocycles. The van der Waals surface area contributed by atoms with Gasteiger partial charge in [-0.25, -0.2) is 8.42 Å². The highest BCUT2D eigenvalue weighted by Gasteiger charge is 2.33. The van der Waals surface area contributed by atoms with Crippen LogP contribution in [0.1, 0.15) is 33.3 Å². The van der Waals surface area contributed by atoms with E-state index in [0.29, 0.717) is 39.0 Å². The molecule has 42 heavy (non-hydrogen) atoms. The molecule has 0 heterocycles. The Balaban J connectivity index is 2.05. The van der Waals surface area contributed by atoms with Gasteiger partial charge in [-0.1, -0.05) is 59.0 Å². The van der Waals surface area contributed by atoms with Gasteiger partial charge in [-0.3, -0.25) is 13.9 Å². The molecule has 8 nitrogen and oxygen atoms in total. The van der Waals surface area contributed by atoms with E-state index in [4.69, 9.17) is 27.9 Å². The van der Waals surface area contributed by atoms with E-state index in [2.05, 4.69) is 21.2 Å². The zero-order chi connectivity index (χ0) is 31.0. The number of sulfonamides is 1. The largest absolute Gasteiger partial charge is 0.494 e. The lowest BCUT2D eigenvalue weighted by molar-refractivity contribution is -0.139. The molecule has 0 spiro atoms. The molecule has 0 bridgehead atoms. The number of nitrogens with zero attached hydrogens (tertiary/aromatic N) is 2. The zero-order valence-corrected chi connectivity index (χ0v) is 27.7. The Morgan fingerprint density at radius 2 is 1.55 bits per heavy atom. The van der Waals surface area contributed by atoms with Crippen molar-refractivity contribution in [2.24, 2.45) is 5.92 Å². The van der Waals surface area contributed by atoms with E-state index in [1.807, 2.05) is 20.8 Å². The maximum Gasteiger partial charge on any atom is 0.264 e. The maximum absolute atomic E-state index is 14.1. The first-order chi connectivity index (χ1) is 19.8. The van der Waals surface area contributed by atoms with Crippen molar-refractivity contribution in [2.45, 2.75) is 45.2 Å². The summed E-state index contributed by atoms with van der Waals surface area (Å²) in [5, 5.41) is 3.49. The fourth-order valence-corrected chi connectivity index (χ4v) is 6.22. The molecule has 226 valence electrons. The van der Waals surface area contributed by atoms with E-state index in [1.54, 1.807) is 61.5 Å². The first kappa shape index (κ1) is 33.7. The Labute approximate surface area is 266 Å². The van der Waals surface area contributed by atoms with Gasteiger partial charge in [0, 0.05) is 33.2 Å². The second kappa shape index (κ2) is 15.1. The number of hydrogen-bond acceptors (Lipinski definition) is 5. The lowest BCUT2D eigenvalue weighted by Gasteiger charge is -2.32. The molecule has 1 N–H and O–H groups in total. The van der Waals surface area contributed by atoms with Crippen LogP contribution in [0.3, 0.4) is 0 Å². The molecule has 0 saturated carbocycles. The summed E-state index contributed by atoms with van der Waals surface area (Å²) in [7, 11) is -4.21. The number of ether oxygens (including phenoxy) is 1. The van der Waals surface area contributed by atoms with Crippen molar-refractivity contribution in [1.82, 2.24) is 10.2 Å². The third-order valence-corrected chi connectivity index (χ3v) is 9.38. The standard InChI is InChI=1S/C30H34BrCl2N3O5S/c1-5-41-24-13-11-23(12-14-24)36(42(39,40)25-15-9-22(31)10-16-25)19-29(37)35(21(4)30(38)34-17-20(2)3)18-26-27(32)7-6-8-28(26)33/h6-16,20-21H,5,17-19H2,1-4H3,(H,34,38). The van der Waals surface area contributed by atoms with Gasteiger partial charge in [-0.05, 0) is 80.4 Å². The van der Waals surface area contributed by atoms with Crippen LogP contribution in [0.5, 0.6) is 5.75 Å². The molecule has 1 unspecified atom stereocenters. The second-order valence-corrected chi connectivity index (χ2v) is 13.5. The summed E-state index contributed by atoms with van der Waals surface area (Å²) in [6, 6.07) is 16.5. The van der Waals surface area contributed by atoms with Gasteiger partial charge in [0.05, 0.1) is 17.2 Å². The molecule has 3 aromatic rings. The van der Waals surface area contributed by atoms with E-state index < -0.39 is 28.5 Å². The number of rotatable bonds is 13. The number of carbonyl (C=O) groups is 2. The van der Waals surface area contributed by atoms with Gasteiger partial charge < -0.3 is 15.0 Å². The smallest absolute Gasteiger partial charge is 0.264 e. The van der Waals surface area contributed by atoms with Crippen LogP contribution < -0.4 is 14.4 Å². The summed E-state index contributed by atoms with van der Waals surface area (Å²) in [5.74, 6) is -0.259. The average molecular weight is 699 g/mol. The van der Waals surface area contributed by atoms with Crippen molar-refractivity contribution in [3.05, 3.63) is 86.8 Å².